The molecule has 94 valence electrons. The van der Waals surface area contributed by atoms with Gasteiger partial charge in [0.2, 0.25) is 0 Å². The summed E-state index contributed by atoms with van der Waals surface area (Å²) in [4.78, 5) is 0. The van der Waals surface area contributed by atoms with E-state index < -0.39 is 0 Å². The van der Waals surface area contributed by atoms with Gasteiger partial charge in [0.25, 0.3) is 0 Å². The molecule has 2 rings (SSSR count). The van der Waals surface area contributed by atoms with Gasteiger partial charge in [0.15, 0.2) is 0 Å². The Balaban J connectivity index is 2.18. The minimum atomic E-state index is 0.274. The maximum atomic E-state index is 9.29. The molecule has 0 spiro atoms. The maximum Gasteiger partial charge on any atom is 0.0468 e. The molecule has 1 heterocycles. The van der Waals surface area contributed by atoms with Crippen LogP contribution in [0.25, 0.3) is 0 Å². The van der Waals surface area contributed by atoms with Crippen LogP contribution >= 0.6 is 0 Å². The average Bonchev–Trinajstić information content (AvgIpc) is 2.38. The number of ether oxygens (including phenoxy) is 1. The van der Waals surface area contributed by atoms with Crippen molar-refractivity contribution >= 4 is 0 Å². The minimum absolute atomic E-state index is 0.274. The minimum Gasteiger partial charge on any atom is -0.396 e. The summed E-state index contributed by atoms with van der Waals surface area (Å²) in [6.07, 6.45) is 3.12. The summed E-state index contributed by atoms with van der Waals surface area (Å²) in [7, 11) is 0. The molecule has 1 atom stereocenters. The van der Waals surface area contributed by atoms with Crippen molar-refractivity contribution in [1.82, 2.24) is 0 Å². The van der Waals surface area contributed by atoms with Crippen molar-refractivity contribution in [3.8, 4) is 0 Å². The number of aryl methyl sites for hydroxylation is 1. The monoisotopic (exact) mass is 234 g/mol. The van der Waals surface area contributed by atoms with Crippen LogP contribution in [0.3, 0.4) is 0 Å². The summed E-state index contributed by atoms with van der Waals surface area (Å²) in [6, 6.07) is 8.56. The van der Waals surface area contributed by atoms with Gasteiger partial charge in [-0.25, -0.2) is 0 Å². The Morgan fingerprint density at radius 1 is 1.29 bits per heavy atom. The average molecular weight is 234 g/mol. The van der Waals surface area contributed by atoms with E-state index in [1.165, 1.54) is 11.1 Å². The standard InChI is InChI=1S/C15H22O2/c1-12-4-2-3-5-14(12)15(6-9-16)13-7-10-17-11-8-13/h2-5,13,15-16H,6-11H2,1H3. The largest absolute Gasteiger partial charge is 0.396 e. The van der Waals surface area contributed by atoms with Crippen LogP contribution < -0.4 is 0 Å². The molecule has 1 N–H and O–H groups in total. The van der Waals surface area contributed by atoms with Crippen molar-refractivity contribution in [2.45, 2.75) is 32.1 Å². The van der Waals surface area contributed by atoms with E-state index >= 15 is 0 Å². The molecule has 1 aromatic carbocycles. The molecular formula is C15H22O2. The van der Waals surface area contributed by atoms with Crippen molar-refractivity contribution in [2.75, 3.05) is 19.8 Å². The molecule has 0 saturated carbocycles. The van der Waals surface area contributed by atoms with Crippen molar-refractivity contribution in [1.29, 1.82) is 0 Å². The van der Waals surface area contributed by atoms with E-state index in [0.29, 0.717) is 11.8 Å². The van der Waals surface area contributed by atoms with E-state index in [1.54, 1.807) is 0 Å². The third-order valence-electron chi connectivity index (χ3n) is 3.86. The zero-order valence-electron chi connectivity index (χ0n) is 10.6. The lowest BCUT2D eigenvalue weighted by molar-refractivity contribution is 0.0543. The molecule has 1 aliphatic rings. The second kappa shape index (κ2) is 6.18. The molecule has 0 bridgehead atoms. The highest BCUT2D eigenvalue weighted by Gasteiger charge is 2.25. The third kappa shape index (κ3) is 3.08. The molecule has 1 saturated heterocycles. The van der Waals surface area contributed by atoms with Crippen LogP contribution in [0.15, 0.2) is 24.3 Å². The SMILES string of the molecule is Cc1ccccc1C(CCO)C1CCOCC1. The summed E-state index contributed by atoms with van der Waals surface area (Å²) >= 11 is 0. The first kappa shape index (κ1) is 12.6. The zero-order valence-corrected chi connectivity index (χ0v) is 10.6. The number of hydrogen-bond donors (Lipinski definition) is 1. The van der Waals surface area contributed by atoms with E-state index in [-0.39, 0.29) is 6.61 Å². The zero-order chi connectivity index (χ0) is 12.1. The Morgan fingerprint density at radius 2 is 2.00 bits per heavy atom. The van der Waals surface area contributed by atoms with Gasteiger partial charge >= 0.3 is 0 Å². The summed E-state index contributed by atoms with van der Waals surface area (Å²) in [5.74, 6) is 1.15. The Hall–Kier alpha value is -0.860. The summed E-state index contributed by atoms with van der Waals surface area (Å²) in [5, 5.41) is 9.29. The summed E-state index contributed by atoms with van der Waals surface area (Å²) in [5.41, 5.74) is 2.76. The van der Waals surface area contributed by atoms with Gasteiger partial charge in [-0.05, 0) is 49.1 Å². The molecule has 17 heavy (non-hydrogen) atoms. The van der Waals surface area contributed by atoms with Crippen LogP contribution in [0.2, 0.25) is 0 Å². The fraction of sp³-hybridized carbons (Fsp3) is 0.600. The Bertz CT molecular complexity index is 343. The van der Waals surface area contributed by atoms with Crippen LogP contribution in [0, 0.1) is 12.8 Å². The second-order valence-corrected chi connectivity index (χ2v) is 4.93. The maximum absolute atomic E-state index is 9.29. The topological polar surface area (TPSA) is 29.5 Å². The van der Waals surface area contributed by atoms with Gasteiger partial charge in [0.1, 0.15) is 0 Å². The van der Waals surface area contributed by atoms with Crippen LogP contribution in [0.5, 0.6) is 0 Å². The van der Waals surface area contributed by atoms with Crippen LogP contribution in [0.4, 0.5) is 0 Å². The van der Waals surface area contributed by atoms with E-state index in [9.17, 15) is 5.11 Å². The lowest BCUT2D eigenvalue weighted by Crippen LogP contribution is -2.23. The Labute approximate surface area is 104 Å². The molecule has 1 fully saturated rings. The van der Waals surface area contributed by atoms with Crippen LogP contribution in [-0.2, 0) is 4.74 Å². The quantitative estimate of drug-likeness (QED) is 0.868. The van der Waals surface area contributed by atoms with Gasteiger partial charge in [0, 0.05) is 19.8 Å². The summed E-state index contributed by atoms with van der Waals surface area (Å²) in [6.45, 7) is 4.19. The highest BCUT2D eigenvalue weighted by molar-refractivity contribution is 5.29. The Kier molecular flexibility index (Phi) is 4.57. The van der Waals surface area contributed by atoms with Crippen molar-refractivity contribution in [3.05, 3.63) is 35.4 Å². The molecule has 1 aromatic rings. The smallest absolute Gasteiger partial charge is 0.0468 e. The number of aliphatic hydroxyl groups excluding tert-OH is 1. The lowest BCUT2D eigenvalue weighted by atomic mass is 9.78. The van der Waals surface area contributed by atoms with Crippen LogP contribution in [-0.4, -0.2) is 24.9 Å². The van der Waals surface area contributed by atoms with Gasteiger partial charge in [-0.15, -0.1) is 0 Å². The van der Waals surface area contributed by atoms with Gasteiger partial charge in [-0.3, -0.25) is 0 Å². The first-order valence-corrected chi connectivity index (χ1v) is 6.57. The van der Waals surface area contributed by atoms with Crippen molar-refractivity contribution in [2.24, 2.45) is 5.92 Å². The normalized spacial score (nSPS) is 19.2. The van der Waals surface area contributed by atoms with Crippen molar-refractivity contribution in [3.63, 3.8) is 0 Å². The van der Waals surface area contributed by atoms with Gasteiger partial charge in [-0.2, -0.15) is 0 Å². The highest BCUT2D eigenvalue weighted by atomic mass is 16.5. The molecule has 0 radical (unpaired) electrons. The molecule has 0 aromatic heterocycles. The molecule has 1 unspecified atom stereocenters. The van der Waals surface area contributed by atoms with E-state index in [0.717, 1.165) is 32.5 Å². The van der Waals surface area contributed by atoms with E-state index in [1.807, 2.05) is 0 Å². The highest BCUT2D eigenvalue weighted by Crippen LogP contribution is 2.35. The fourth-order valence-corrected chi connectivity index (χ4v) is 2.91. The predicted molar refractivity (Wildman–Crippen MR) is 69.2 cm³/mol. The number of aliphatic hydroxyl groups is 1. The molecule has 2 nitrogen and oxygen atoms in total. The van der Waals surface area contributed by atoms with E-state index in [4.69, 9.17) is 4.74 Å². The molecule has 0 amide bonds. The van der Waals surface area contributed by atoms with Gasteiger partial charge < -0.3 is 9.84 Å². The van der Waals surface area contributed by atoms with Crippen LogP contribution in [0.1, 0.15) is 36.3 Å². The van der Waals surface area contributed by atoms with Crippen molar-refractivity contribution < 1.29 is 9.84 Å². The van der Waals surface area contributed by atoms with Gasteiger partial charge in [-0.1, -0.05) is 24.3 Å². The first-order valence-electron chi connectivity index (χ1n) is 6.57. The first-order chi connectivity index (χ1) is 8.33. The van der Waals surface area contributed by atoms with Gasteiger partial charge in [0.05, 0.1) is 0 Å². The molecular weight excluding hydrogens is 212 g/mol. The Morgan fingerprint density at radius 3 is 2.65 bits per heavy atom. The number of hydrogen-bond acceptors (Lipinski definition) is 2. The number of rotatable bonds is 4. The fourth-order valence-electron chi connectivity index (χ4n) is 2.91. The molecule has 1 aliphatic heterocycles. The molecule has 2 heteroatoms. The summed E-state index contributed by atoms with van der Waals surface area (Å²) < 4.78 is 5.43. The second-order valence-electron chi connectivity index (χ2n) is 4.93. The van der Waals surface area contributed by atoms with E-state index in [2.05, 4.69) is 31.2 Å². The molecule has 0 aliphatic carbocycles. The predicted octanol–water partition coefficient (Wildman–Crippen LogP) is 2.89. The number of benzene rings is 1. The third-order valence-corrected chi connectivity index (χ3v) is 3.86. The lowest BCUT2D eigenvalue weighted by Gasteiger charge is -2.31.